The molecule has 0 radical (unpaired) electrons. The predicted molar refractivity (Wildman–Crippen MR) is 118 cm³/mol. The van der Waals surface area contributed by atoms with Crippen LogP contribution in [0, 0.1) is 13.8 Å². The van der Waals surface area contributed by atoms with Gasteiger partial charge in [0, 0.05) is 33.5 Å². The van der Waals surface area contributed by atoms with E-state index >= 15 is 0 Å². The van der Waals surface area contributed by atoms with Crippen LogP contribution in [0.5, 0.6) is 0 Å². The van der Waals surface area contributed by atoms with Gasteiger partial charge in [-0.1, -0.05) is 12.1 Å². The standard InChI is InChI=1S/C9H9N5O.C9H12N2O2.C2H4N4/c1-6-4-3-5-10-7(6)8(15)9-11-12-13-14(9)2;1-7-5-4-6-10-8(7)9(12)11(2)13-3;1-6-2-3-4-5-6/h3-5H,1-2H3;4-6H,1-3H3;2H,1H3. The van der Waals surface area contributed by atoms with Crippen LogP contribution in [0.25, 0.3) is 0 Å². The molecule has 0 aliphatic carbocycles. The number of nitrogens with zero attached hydrogens (tertiary/aromatic N) is 11. The molecule has 14 nitrogen and oxygen atoms in total. The van der Waals surface area contributed by atoms with Gasteiger partial charge in [-0.15, -0.1) is 10.2 Å². The molecule has 0 unspecified atom stereocenters. The third-order valence-corrected chi connectivity index (χ3v) is 4.27. The lowest BCUT2D eigenvalue weighted by molar-refractivity contribution is -0.0761. The summed E-state index contributed by atoms with van der Waals surface area (Å²) in [5.41, 5.74) is 2.46. The number of hydrogen-bond donors (Lipinski definition) is 0. The minimum absolute atomic E-state index is 0.191. The van der Waals surface area contributed by atoms with Gasteiger partial charge in [-0.3, -0.25) is 24.4 Å². The quantitative estimate of drug-likeness (QED) is 0.301. The van der Waals surface area contributed by atoms with Crippen molar-refractivity contribution in [2.45, 2.75) is 13.8 Å². The molecule has 34 heavy (non-hydrogen) atoms. The van der Waals surface area contributed by atoms with Crippen molar-refractivity contribution in [2.75, 3.05) is 14.2 Å². The van der Waals surface area contributed by atoms with Crippen LogP contribution in [-0.4, -0.2) is 81.3 Å². The fraction of sp³-hybridized carbons (Fsp3) is 0.300. The molecule has 0 saturated heterocycles. The second kappa shape index (κ2) is 12.5. The van der Waals surface area contributed by atoms with Gasteiger partial charge in [0.15, 0.2) is 0 Å². The van der Waals surface area contributed by atoms with E-state index in [1.54, 1.807) is 45.7 Å². The van der Waals surface area contributed by atoms with Gasteiger partial charge in [-0.25, -0.2) is 14.4 Å². The fourth-order valence-corrected chi connectivity index (χ4v) is 2.40. The van der Waals surface area contributed by atoms with Gasteiger partial charge in [-0.2, -0.15) is 0 Å². The molecule has 0 fully saturated rings. The Morgan fingerprint density at radius 2 is 1.56 bits per heavy atom. The summed E-state index contributed by atoms with van der Waals surface area (Å²) in [7, 11) is 6.37. The normalized spacial score (nSPS) is 9.82. The number of tetrazole rings is 2. The van der Waals surface area contributed by atoms with E-state index in [4.69, 9.17) is 4.84 Å². The Hall–Kier alpha value is -4.46. The number of pyridine rings is 2. The van der Waals surface area contributed by atoms with Gasteiger partial charge in [0.1, 0.15) is 17.7 Å². The monoisotopic (exact) mass is 467 g/mol. The molecule has 1 amide bonds. The van der Waals surface area contributed by atoms with Crippen molar-refractivity contribution < 1.29 is 14.4 Å². The van der Waals surface area contributed by atoms with Crippen molar-refractivity contribution >= 4 is 11.7 Å². The average molecular weight is 467 g/mol. The Balaban J connectivity index is 0.000000195. The third-order valence-electron chi connectivity index (χ3n) is 4.27. The second-order valence-electron chi connectivity index (χ2n) is 6.76. The van der Waals surface area contributed by atoms with E-state index in [1.807, 2.05) is 26.0 Å². The van der Waals surface area contributed by atoms with E-state index in [0.29, 0.717) is 11.4 Å². The van der Waals surface area contributed by atoms with E-state index in [2.05, 4.69) is 41.0 Å². The number of carbonyl (C=O) groups excluding carboxylic acids is 2. The molecule has 14 heteroatoms. The first-order valence-corrected chi connectivity index (χ1v) is 9.85. The van der Waals surface area contributed by atoms with Gasteiger partial charge in [-0.05, 0) is 58.0 Å². The molecule has 0 aromatic carbocycles. The number of hydroxylamine groups is 2. The topological polar surface area (TPSA) is 160 Å². The highest BCUT2D eigenvalue weighted by atomic mass is 16.7. The maximum atomic E-state index is 11.9. The zero-order valence-electron chi connectivity index (χ0n) is 19.7. The van der Waals surface area contributed by atoms with Crippen LogP contribution in [0.1, 0.15) is 37.9 Å². The highest BCUT2D eigenvalue weighted by Gasteiger charge is 2.18. The molecule has 4 aromatic heterocycles. The summed E-state index contributed by atoms with van der Waals surface area (Å²) in [6, 6.07) is 7.23. The van der Waals surface area contributed by atoms with E-state index in [0.717, 1.165) is 16.2 Å². The number of carbonyl (C=O) groups is 2. The largest absolute Gasteiger partial charge is 0.295 e. The Labute approximate surface area is 195 Å². The van der Waals surface area contributed by atoms with Crippen molar-refractivity contribution in [1.82, 2.24) is 55.4 Å². The van der Waals surface area contributed by atoms with E-state index < -0.39 is 0 Å². The summed E-state index contributed by atoms with van der Waals surface area (Å²) in [6.07, 6.45) is 4.69. The number of aryl methyl sites for hydroxylation is 4. The number of hydrogen-bond acceptors (Lipinski definition) is 11. The average Bonchev–Trinajstić information content (AvgIpc) is 3.50. The van der Waals surface area contributed by atoms with Crippen LogP contribution in [-0.2, 0) is 18.9 Å². The van der Waals surface area contributed by atoms with Crippen LogP contribution < -0.4 is 0 Å². The van der Waals surface area contributed by atoms with Gasteiger partial charge in [0.2, 0.25) is 11.6 Å². The first-order valence-electron chi connectivity index (χ1n) is 9.85. The molecule has 178 valence electrons. The van der Waals surface area contributed by atoms with Crippen LogP contribution in [0.3, 0.4) is 0 Å². The van der Waals surface area contributed by atoms with Crippen molar-refractivity contribution in [3.8, 4) is 0 Å². The van der Waals surface area contributed by atoms with Crippen molar-refractivity contribution in [1.29, 1.82) is 0 Å². The van der Waals surface area contributed by atoms with Crippen LogP contribution in [0.2, 0.25) is 0 Å². The summed E-state index contributed by atoms with van der Waals surface area (Å²) in [5, 5.41) is 22.0. The summed E-state index contributed by atoms with van der Waals surface area (Å²) in [4.78, 5) is 36.2. The van der Waals surface area contributed by atoms with Crippen LogP contribution in [0.4, 0.5) is 0 Å². The molecule has 0 N–H and O–H groups in total. The number of amides is 1. The maximum absolute atomic E-state index is 11.9. The Bertz CT molecular complexity index is 1210. The Morgan fingerprint density at radius 1 is 0.941 bits per heavy atom. The van der Waals surface area contributed by atoms with Crippen LogP contribution >= 0.6 is 0 Å². The second-order valence-corrected chi connectivity index (χ2v) is 6.76. The minimum Gasteiger partial charge on any atom is -0.283 e. The number of rotatable bonds is 4. The first-order chi connectivity index (χ1) is 16.3. The zero-order chi connectivity index (χ0) is 25.1. The summed E-state index contributed by atoms with van der Waals surface area (Å²) < 4.78 is 2.86. The third kappa shape index (κ3) is 7.03. The molecule has 0 aliphatic rings. The lowest BCUT2D eigenvalue weighted by atomic mass is 10.1. The number of ketones is 1. The summed E-state index contributed by atoms with van der Waals surface area (Å²) in [5.74, 6) is -0.307. The molecule has 4 heterocycles. The lowest BCUT2D eigenvalue weighted by Crippen LogP contribution is -2.26. The molecular formula is C20H25N11O3. The molecule has 0 saturated carbocycles. The van der Waals surface area contributed by atoms with Gasteiger partial charge in [0.05, 0.1) is 7.11 Å². The molecule has 0 spiro atoms. The van der Waals surface area contributed by atoms with E-state index in [1.165, 1.54) is 22.8 Å². The van der Waals surface area contributed by atoms with Gasteiger partial charge >= 0.3 is 0 Å². The molecular weight excluding hydrogens is 442 g/mol. The SMILES string of the molecule is CON(C)C(=O)c1ncccc1C.Cc1cccnc1C(=O)c1nnnn1C.Cn1cnnn1. The Morgan fingerprint density at radius 3 is 1.97 bits per heavy atom. The van der Waals surface area contributed by atoms with Crippen molar-refractivity contribution in [3.63, 3.8) is 0 Å². The molecule has 0 aliphatic heterocycles. The fourth-order valence-electron chi connectivity index (χ4n) is 2.40. The van der Waals surface area contributed by atoms with Gasteiger partial charge in [0.25, 0.3) is 5.91 Å². The number of aromatic nitrogens is 10. The predicted octanol–water partition coefficient (Wildman–Crippen LogP) is 0.378. The Kier molecular flexibility index (Phi) is 9.52. The molecule has 4 aromatic rings. The van der Waals surface area contributed by atoms with Crippen LogP contribution in [0.15, 0.2) is 43.0 Å². The summed E-state index contributed by atoms with van der Waals surface area (Å²) >= 11 is 0. The molecule has 4 rings (SSSR count). The minimum atomic E-state index is -0.263. The summed E-state index contributed by atoms with van der Waals surface area (Å²) in [6.45, 7) is 3.66. The first kappa shape index (κ1) is 25.8. The van der Waals surface area contributed by atoms with E-state index in [-0.39, 0.29) is 17.5 Å². The maximum Gasteiger partial charge on any atom is 0.295 e. The molecule has 0 bridgehead atoms. The van der Waals surface area contributed by atoms with E-state index in [9.17, 15) is 9.59 Å². The lowest BCUT2D eigenvalue weighted by Gasteiger charge is -2.13. The molecule has 0 atom stereocenters. The van der Waals surface area contributed by atoms with Crippen molar-refractivity contribution in [2.24, 2.45) is 14.1 Å². The van der Waals surface area contributed by atoms with Crippen molar-refractivity contribution in [3.05, 3.63) is 71.3 Å². The highest BCUT2D eigenvalue weighted by Crippen LogP contribution is 2.08. The smallest absolute Gasteiger partial charge is 0.283 e. The zero-order valence-corrected chi connectivity index (χ0v) is 19.7. The highest BCUT2D eigenvalue weighted by molar-refractivity contribution is 6.05. The van der Waals surface area contributed by atoms with Gasteiger partial charge < -0.3 is 0 Å².